The number of fused-ring (bicyclic) bond motifs is 3. The molecule has 1 heterocycles. The molecule has 0 fully saturated rings. The van der Waals surface area contributed by atoms with Crippen LogP contribution >= 0.6 is 0 Å². The summed E-state index contributed by atoms with van der Waals surface area (Å²) in [6.45, 7) is 7.49. The predicted octanol–water partition coefficient (Wildman–Crippen LogP) is 5.16. The van der Waals surface area contributed by atoms with Crippen molar-refractivity contribution in [1.29, 1.82) is 0 Å². The van der Waals surface area contributed by atoms with E-state index in [4.69, 9.17) is 0 Å². The molecule has 1 aliphatic rings. The number of aryl methyl sites for hydroxylation is 1. The third-order valence-corrected chi connectivity index (χ3v) is 8.66. The molecule has 0 spiro atoms. The van der Waals surface area contributed by atoms with Crippen LogP contribution < -0.4 is 0 Å². The van der Waals surface area contributed by atoms with Gasteiger partial charge in [-0.15, -0.1) is 0 Å². The lowest BCUT2D eigenvalue weighted by Crippen LogP contribution is -2.46. The first-order valence-electron chi connectivity index (χ1n) is 12.8. The van der Waals surface area contributed by atoms with Crippen molar-refractivity contribution >= 4 is 26.9 Å². The van der Waals surface area contributed by atoms with Gasteiger partial charge in [0.15, 0.2) is 0 Å². The lowest BCUT2D eigenvalue weighted by Gasteiger charge is -2.33. The number of para-hydroxylation sites is 1. The summed E-state index contributed by atoms with van der Waals surface area (Å²) in [5, 5.41) is 20.7. The number of rotatable bonds is 8. The number of halogens is 1. The first kappa shape index (κ1) is 29.5. The van der Waals surface area contributed by atoms with E-state index in [0.29, 0.717) is 32.2 Å². The summed E-state index contributed by atoms with van der Waals surface area (Å²) in [4.78, 5) is 11.5. The highest BCUT2D eigenvalue weighted by molar-refractivity contribution is 7.89. The standard InChI is InChI=1S/C25H29FN2O5S.C4H8/c1-25(2,31)13-14-27-22-6-4-3-5-20(22)21-15-18(9-12-23(21)27)28(16-24(29)30)34(32,33)19-10-7-17(26)8-11-19;1-3-4-2/h3-8,10-11,18,31H,9,12-16H2,1-2H3,(H,29,30);3-4H,1-2H3/b;4-3-. The first-order valence-corrected chi connectivity index (χ1v) is 14.2. The molecule has 0 aliphatic heterocycles. The maximum atomic E-state index is 13.4. The number of nitrogens with zero attached hydrogens (tertiary/aromatic N) is 2. The van der Waals surface area contributed by atoms with Gasteiger partial charge in [-0.05, 0) is 89.3 Å². The van der Waals surface area contributed by atoms with Crippen LogP contribution in [0.3, 0.4) is 0 Å². The number of benzene rings is 2. The summed E-state index contributed by atoms with van der Waals surface area (Å²) in [6.07, 6.45) is 5.97. The summed E-state index contributed by atoms with van der Waals surface area (Å²) in [7, 11) is -4.15. The van der Waals surface area contributed by atoms with Crippen LogP contribution in [0.2, 0.25) is 0 Å². The number of hydrogen-bond donors (Lipinski definition) is 2. The zero-order valence-corrected chi connectivity index (χ0v) is 23.2. The molecule has 9 heteroatoms. The maximum absolute atomic E-state index is 13.4. The average molecular weight is 545 g/mol. The summed E-state index contributed by atoms with van der Waals surface area (Å²) >= 11 is 0. The highest BCUT2D eigenvalue weighted by atomic mass is 32.2. The van der Waals surface area contributed by atoms with E-state index < -0.39 is 40.0 Å². The minimum Gasteiger partial charge on any atom is -0.480 e. The number of carbonyl (C=O) groups is 1. The van der Waals surface area contributed by atoms with Crippen molar-refractivity contribution in [1.82, 2.24) is 8.87 Å². The fourth-order valence-electron chi connectivity index (χ4n) is 4.75. The molecule has 0 saturated carbocycles. The van der Waals surface area contributed by atoms with Crippen molar-refractivity contribution in [3.05, 3.63) is 77.8 Å². The van der Waals surface area contributed by atoms with Gasteiger partial charge in [0.2, 0.25) is 10.0 Å². The lowest BCUT2D eigenvalue weighted by molar-refractivity contribution is -0.137. The van der Waals surface area contributed by atoms with E-state index in [1.54, 1.807) is 13.8 Å². The van der Waals surface area contributed by atoms with Gasteiger partial charge >= 0.3 is 5.97 Å². The van der Waals surface area contributed by atoms with E-state index in [1.165, 1.54) is 0 Å². The molecule has 7 nitrogen and oxygen atoms in total. The average Bonchev–Trinajstić information content (AvgIpc) is 3.18. The molecule has 1 aliphatic carbocycles. The SMILES string of the molecule is C/C=C\C.CC(C)(O)CCn1c2c(c3ccccc31)CC(N(CC(=O)O)S(=O)(=O)c1ccc(F)cc1)CC2. The third-order valence-electron chi connectivity index (χ3n) is 6.75. The van der Waals surface area contributed by atoms with E-state index >= 15 is 0 Å². The number of carboxylic acids is 1. The van der Waals surface area contributed by atoms with Gasteiger partial charge in [0, 0.05) is 29.2 Å². The molecule has 0 bridgehead atoms. The number of aromatic nitrogens is 1. The molecule has 38 heavy (non-hydrogen) atoms. The molecule has 2 aromatic carbocycles. The van der Waals surface area contributed by atoms with Crippen LogP contribution in [-0.2, 0) is 34.2 Å². The van der Waals surface area contributed by atoms with Crippen molar-refractivity contribution < 1.29 is 27.8 Å². The van der Waals surface area contributed by atoms with Crippen LogP contribution in [0.15, 0.2) is 65.6 Å². The first-order chi connectivity index (χ1) is 17.9. The Labute approximate surface area is 224 Å². The van der Waals surface area contributed by atoms with Crippen LogP contribution in [0.5, 0.6) is 0 Å². The van der Waals surface area contributed by atoms with E-state index in [1.807, 2.05) is 50.3 Å². The Balaban J connectivity index is 0.000000934. The van der Waals surface area contributed by atoms with Gasteiger partial charge in [0.25, 0.3) is 0 Å². The minimum absolute atomic E-state index is 0.131. The number of aliphatic hydroxyl groups is 1. The Hall–Kier alpha value is -3.01. The van der Waals surface area contributed by atoms with Crippen LogP contribution in [0.25, 0.3) is 10.9 Å². The molecule has 0 saturated heterocycles. The third kappa shape index (κ3) is 6.89. The quantitative estimate of drug-likeness (QED) is 0.382. The smallest absolute Gasteiger partial charge is 0.318 e. The van der Waals surface area contributed by atoms with Crippen molar-refractivity contribution in [3.8, 4) is 0 Å². The fraction of sp³-hybridized carbons (Fsp3) is 0.414. The second-order valence-corrected chi connectivity index (χ2v) is 12.0. The lowest BCUT2D eigenvalue weighted by atomic mass is 9.91. The topological polar surface area (TPSA) is 99.8 Å². The minimum atomic E-state index is -4.15. The van der Waals surface area contributed by atoms with Gasteiger partial charge in [0.05, 0.1) is 10.5 Å². The Morgan fingerprint density at radius 2 is 1.76 bits per heavy atom. The van der Waals surface area contributed by atoms with Gasteiger partial charge in [0.1, 0.15) is 12.4 Å². The zero-order valence-electron chi connectivity index (χ0n) is 22.4. The molecule has 1 unspecified atom stereocenters. The number of carboxylic acid groups (broad SMARTS) is 1. The summed E-state index contributed by atoms with van der Waals surface area (Å²) < 4.78 is 43.4. The van der Waals surface area contributed by atoms with Crippen molar-refractivity contribution in [3.63, 3.8) is 0 Å². The van der Waals surface area contributed by atoms with E-state index in [2.05, 4.69) is 4.57 Å². The number of aliphatic carboxylic acids is 1. The molecular formula is C29H37FN2O5S. The second-order valence-electron chi connectivity index (χ2n) is 10.1. The summed E-state index contributed by atoms with van der Waals surface area (Å²) in [5.41, 5.74) is 2.30. The van der Waals surface area contributed by atoms with Gasteiger partial charge in [-0.3, -0.25) is 4.79 Å². The molecule has 1 aromatic heterocycles. The van der Waals surface area contributed by atoms with Gasteiger partial charge in [-0.1, -0.05) is 30.4 Å². The monoisotopic (exact) mass is 544 g/mol. The summed E-state index contributed by atoms with van der Waals surface area (Å²) in [5.74, 6) is -1.81. The molecule has 2 N–H and O–H groups in total. The highest BCUT2D eigenvalue weighted by Crippen LogP contribution is 2.35. The predicted molar refractivity (Wildman–Crippen MR) is 147 cm³/mol. The van der Waals surface area contributed by atoms with Crippen molar-refractivity contribution in [2.24, 2.45) is 0 Å². The number of hydrogen-bond acceptors (Lipinski definition) is 4. The molecule has 206 valence electrons. The van der Waals surface area contributed by atoms with Crippen molar-refractivity contribution in [2.45, 2.75) is 76.5 Å². The van der Waals surface area contributed by atoms with Crippen LogP contribution in [0.4, 0.5) is 4.39 Å². The Morgan fingerprint density at radius 3 is 2.34 bits per heavy atom. The van der Waals surface area contributed by atoms with Crippen molar-refractivity contribution in [2.75, 3.05) is 6.54 Å². The van der Waals surface area contributed by atoms with Crippen LogP contribution in [0.1, 0.15) is 51.8 Å². The normalized spacial score (nSPS) is 15.9. The fourth-order valence-corrected chi connectivity index (χ4v) is 6.36. The molecular weight excluding hydrogens is 507 g/mol. The number of sulfonamides is 1. The zero-order chi connectivity index (χ0) is 28.1. The molecule has 4 rings (SSSR count). The highest BCUT2D eigenvalue weighted by Gasteiger charge is 2.37. The molecule has 3 aromatic rings. The van der Waals surface area contributed by atoms with Crippen LogP contribution in [-0.4, -0.2) is 51.7 Å². The molecule has 0 amide bonds. The Kier molecular flexibility index (Phi) is 9.51. The maximum Gasteiger partial charge on any atom is 0.318 e. The van der Waals surface area contributed by atoms with E-state index in [9.17, 15) is 27.8 Å². The number of allylic oxidation sites excluding steroid dienone is 2. The van der Waals surface area contributed by atoms with E-state index in [-0.39, 0.29) is 4.90 Å². The molecule has 1 atom stereocenters. The molecule has 0 radical (unpaired) electrons. The largest absolute Gasteiger partial charge is 0.480 e. The second kappa shape index (κ2) is 12.2. The Bertz CT molecular complexity index is 1380. The Morgan fingerprint density at radius 1 is 1.13 bits per heavy atom. The van der Waals surface area contributed by atoms with E-state index in [0.717, 1.165) is 50.7 Å². The summed E-state index contributed by atoms with van der Waals surface area (Å²) in [6, 6.07) is 11.8. The van der Waals surface area contributed by atoms with Gasteiger partial charge in [-0.2, -0.15) is 4.31 Å². The van der Waals surface area contributed by atoms with Gasteiger partial charge in [-0.25, -0.2) is 12.8 Å². The van der Waals surface area contributed by atoms with Crippen LogP contribution in [0, 0.1) is 5.82 Å². The van der Waals surface area contributed by atoms with Gasteiger partial charge < -0.3 is 14.8 Å².